The molecule has 0 saturated heterocycles. The van der Waals surface area contributed by atoms with Crippen LogP contribution in [0.5, 0.6) is 11.5 Å². The summed E-state index contributed by atoms with van der Waals surface area (Å²) in [6.45, 7) is 28.4. The number of benzene rings is 6. The van der Waals surface area contributed by atoms with Crippen LogP contribution in [0, 0.1) is 6.92 Å². The number of aryl methyl sites for hydroxylation is 1. The standard InChI is InChI=1S/C62H66N4O/c1-37(2)43-30-44(59-64-53(56(41-21-15-13-16-22-41)42-23-17-14-18-24-42)36-65(59)57-47(38(3)4)25-19-26-48(57)39(5)6)32-46(31-43)67-55-35-54-49(29-40(55)7)50-33-45(61(8,9)10)34-52-58(50)66(54)60-51(62(52,11)12)27-20-28-63-60/h13-35,37-39,53,56H,36H2,1-12H3/t53-/m0/s1. The molecule has 0 amide bonds. The summed E-state index contributed by atoms with van der Waals surface area (Å²) in [5.74, 6) is 4.60. The molecule has 0 fully saturated rings. The second kappa shape index (κ2) is 16.7. The molecule has 0 radical (unpaired) electrons. The van der Waals surface area contributed by atoms with Gasteiger partial charge in [0.2, 0.25) is 0 Å². The monoisotopic (exact) mass is 883 g/mol. The van der Waals surface area contributed by atoms with Crippen molar-refractivity contribution < 1.29 is 4.74 Å². The number of amidine groups is 1. The minimum Gasteiger partial charge on any atom is -0.457 e. The van der Waals surface area contributed by atoms with Gasteiger partial charge in [-0.1, -0.05) is 167 Å². The summed E-state index contributed by atoms with van der Waals surface area (Å²) in [4.78, 5) is 13.5. The number of hydrogen-bond acceptors (Lipinski definition) is 4. The molecule has 0 spiro atoms. The van der Waals surface area contributed by atoms with E-state index in [1.807, 2.05) is 6.20 Å². The van der Waals surface area contributed by atoms with Crippen molar-refractivity contribution in [1.82, 2.24) is 9.55 Å². The molecule has 5 nitrogen and oxygen atoms in total. The van der Waals surface area contributed by atoms with Crippen LogP contribution < -0.4 is 9.64 Å². The van der Waals surface area contributed by atoms with E-state index >= 15 is 0 Å². The Morgan fingerprint density at radius 2 is 1.31 bits per heavy atom. The van der Waals surface area contributed by atoms with Gasteiger partial charge in [0.25, 0.3) is 0 Å². The number of aliphatic imine (C=N–C) groups is 1. The second-order valence-electron chi connectivity index (χ2n) is 21.7. The summed E-state index contributed by atoms with van der Waals surface area (Å²) < 4.78 is 9.63. The van der Waals surface area contributed by atoms with E-state index in [1.54, 1.807) is 0 Å². The number of nitrogens with zero attached hydrogens (tertiary/aromatic N) is 4. The number of hydrogen-bond donors (Lipinski definition) is 0. The first-order chi connectivity index (χ1) is 32.0. The number of ether oxygens (including phenoxy) is 1. The Labute approximate surface area is 398 Å². The Bertz CT molecular complexity index is 3130. The van der Waals surface area contributed by atoms with Gasteiger partial charge in [-0.25, -0.2) is 4.98 Å². The predicted molar refractivity (Wildman–Crippen MR) is 282 cm³/mol. The van der Waals surface area contributed by atoms with Gasteiger partial charge in [0.05, 0.1) is 17.1 Å². The highest BCUT2D eigenvalue weighted by atomic mass is 16.5. The molecule has 0 aliphatic carbocycles. The van der Waals surface area contributed by atoms with Gasteiger partial charge in [-0.05, 0) is 111 Å². The number of pyridine rings is 1. The maximum Gasteiger partial charge on any atom is 0.141 e. The fraction of sp³-hybridized carbons (Fsp3) is 0.323. The second-order valence-corrected chi connectivity index (χ2v) is 21.7. The normalized spacial score (nSPS) is 15.7. The molecule has 4 heterocycles. The van der Waals surface area contributed by atoms with E-state index in [0.29, 0.717) is 11.8 Å². The number of para-hydroxylation sites is 1. The van der Waals surface area contributed by atoms with Crippen molar-refractivity contribution >= 4 is 33.3 Å². The van der Waals surface area contributed by atoms with Gasteiger partial charge in [0.1, 0.15) is 23.2 Å². The molecule has 5 heteroatoms. The molecule has 1 atom stereocenters. The van der Waals surface area contributed by atoms with E-state index in [9.17, 15) is 0 Å². The summed E-state index contributed by atoms with van der Waals surface area (Å²) in [6, 6.07) is 49.4. The van der Waals surface area contributed by atoms with E-state index in [2.05, 4.69) is 226 Å². The molecule has 8 aromatic rings. The Kier molecular flexibility index (Phi) is 11.1. The average molecular weight is 883 g/mol. The van der Waals surface area contributed by atoms with Gasteiger partial charge in [-0.15, -0.1) is 0 Å². The average Bonchev–Trinajstić information content (AvgIpc) is 3.88. The molecule has 6 aromatic carbocycles. The van der Waals surface area contributed by atoms with Gasteiger partial charge in [-0.3, -0.25) is 9.56 Å². The molecule has 0 saturated carbocycles. The van der Waals surface area contributed by atoms with Crippen LogP contribution in [-0.2, 0) is 10.8 Å². The lowest BCUT2D eigenvalue weighted by atomic mass is 9.73. The van der Waals surface area contributed by atoms with Crippen LogP contribution >= 0.6 is 0 Å². The van der Waals surface area contributed by atoms with Crippen LogP contribution in [0.3, 0.4) is 0 Å². The van der Waals surface area contributed by atoms with E-state index in [0.717, 1.165) is 46.3 Å². The SMILES string of the molecule is Cc1cc2c3cc(C(C)(C)C)cc4c3n(c2cc1Oc1cc(C2=N[C@H](C(c3ccccc3)c3ccccc3)CN2c2c(C(C)C)cccc2C(C)C)cc(C(C)C)c1)-c1ncccc1C4(C)C. The molecule has 2 aromatic heterocycles. The van der Waals surface area contributed by atoms with Crippen molar-refractivity contribution in [2.75, 3.05) is 11.4 Å². The van der Waals surface area contributed by atoms with Gasteiger partial charge >= 0.3 is 0 Å². The molecule has 67 heavy (non-hydrogen) atoms. The zero-order valence-electron chi connectivity index (χ0n) is 41.6. The third kappa shape index (κ3) is 7.65. The van der Waals surface area contributed by atoms with Crippen LogP contribution in [0.15, 0.2) is 145 Å². The van der Waals surface area contributed by atoms with Crippen molar-refractivity contribution in [3.63, 3.8) is 0 Å². The quantitative estimate of drug-likeness (QED) is 0.137. The van der Waals surface area contributed by atoms with Crippen LogP contribution in [0.2, 0.25) is 0 Å². The van der Waals surface area contributed by atoms with E-state index in [-0.39, 0.29) is 28.7 Å². The maximum atomic E-state index is 7.23. The van der Waals surface area contributed by atoms with E-state index in [1.165, 1.54) is 66.5 Å². The molecule has 0 unspecified atom stereocenters. The maximum absolute atomic E-state index is 7.23. The smallest absolute Gasteiger partial charge is 0.141 e. The molecule has 0 N–H and O–H groups in total. The Hall–Kier alpha value is -6.46. The molecular weight excluding hydrogens is 817 g/mol. The van der Waals surface area contributed by atoms with Crippen LogP contribution in [0.1, 0.15) is 155 Å². The first-order valence-electron chi connectivity index (χ1n) is 24.5. The number of anilines is 1. The fourth-order valence-corrected chi connectivity index (χ4v) is 10.9. The molecule has 10 rings (SSSR count). The van der Waals surface area contributed by atoms with Crippen LogP contribution in [-0.4, -0.2) is 28.0 Å². The molecular formula is C62H66N4O. The van der Waals surface area contributed by atoms with E-state index in [4.69, 9.17) is 14.7 Å². The highest BCUT2D eigenvalue weighted by molar-refractivity contribution is 6.13. The topological polar surface area (TPSA) is 42.6 Å². The predicted octanol–water partition coefficient (Wildman–Crippen LogP) is 16.1. The molecule has 0 bridgehead atoms. The number of aromatic nitrogens is 2. The number of fused-ring (bicyclic) bond motifs is 5. The van der Waals surface area contributed by atoms with Gasteiger partial charge in [0.15, 0.2) is 0 Å². The minimum absolute atomic E-state index is 0.0158. The van der Waals surface area contributed by atoms with Crippen molar-refractivity contribution in [2.24, 2.45) is 4.99 Å². The third-order valence-corrected chi connectivity index (χ3v) is 14.7. The zero-order chi connectivity index (χ0) is 47.1. The Morgan fingerprint density at radius 3 is 1.93 bits per heavy atom. The Balaban J connectivity index is 1.16. The van der Waals surface area contributed by atoms with Crippen molar-refractivity contribution in [1.29, 1.82) is 0 Å². The molecule has 340 valence electrons. The first kappa shape index (κ1) is 44.4. The summed E-state index contributed by atoms with van der Waals surface area (Å²) >= 11 is 0. The largest absolute Gasteiger partial charge is 0.457 e. The van der Waals surface area contributed by atoms with Crippen molar-refractivity contribution in [2.45, 2.75) is 124 Å². The van der Waals surface area contributed by atoms with Gasteiger partial charge in [-0.2, -0.15) is 0 Å². The van der Waals surface area contributed by atoms with Crippen LogP contribution in [0.25, 0.3) is 27.6 Å². The van der Waals surface area contributed by atoms with Crippen molar-refractivity contribution in [3.8, 4) is 17.3 Å². The first-order valence-corrected chi connectivity index (χ1v) is 24.5. The molecule has 2 aliphatic rings. The van der Waals surface area contributed by atoms with Gasteiger partial charge in [0, 0.05) is 57.7 Å². The summed E-state index contributed by atoms with van der Waals surface area (Å²) in [5, 5.41) is 2.48. The van der Waals surface area contributed by atoms with Gasteiger partial charge < -0.3 is 9.64 Å². The highest BCUT2D eigenvalue weighted by Crippen LogP contribution is 2.50. The van der Waals surface area contributed by atoms with E-state index < -0.39 is 0 Å². The third-order valence-electron chi connectivity index (χ3n) is 14.7. The number of rotatable bonds is 10. The molecule has 2 aliphatic heterocycles. The summed E-state index contributed by atoms with van der Waals surface area (Å²) in [5.41, 5.74) is 15.9. The van der Waals surface area contributed by atoms with Crippen molar-refractivity contribution in [3.05, 3.63) is 195 Å². The van der Waals surface area contributed by atoms with Crippen LogP contribution in [0.4, 0.5) is 5.69 Å². The zero-order valence-corrected chi connectivity index (χ0v) is 41.6. The Morgan fingerprint density at radius 1 is 0.657 bits per heavy atom. The highest BCUT2D eigenvalue weighted by Gasteiger charge is 2.39. The fourth-order valence-electron chi connectivity index (χ4n) is 10.9. The lowest BCUT2D eigenvalue weighted by Gasteiger charge is -2.35. The lowest BCUT2D eigenvalue weighted by Crippen LogP contribution is -2.33. The minimum atomic E-state index is -0.223. The summed E-state index contributed by atoms with van der Waals surface area (Å²) in [7, 11) is 0. The lowest BCUT2D eigenvalue weighted by molar-refractivity contribution is 0.478. The summed E-state index contributed by atoms with van der Waals surface area (Å²) in [6.07, 6.45) is 1.93.